The fourth-order valence-corrected chi connectivity index (χ4v) is 3.51. The number of carbonyl (C=O) groups excluding carboxylic acids is 1. The first-order valence-corrected chi connectivity index (χ1v) is 10.2. The number of hydrogen-bond donors (Lipinski definition) is 1. The van der Waals surface area contributed by atoms with Crippen molar-refractivity contribution in [2.45, 2.75) is 51.6 Å². The second kappa shape index (κ2) is 9.85. The van der Waals surface area contributed by atoms with Gasteiger partial charge in [0.05, 0.1) is 11.8 Å². The van der Waals surface area contributed by atoms with Crippen LogP contribution in [0.3, 0.4) is 0 Å². The van der Waals surface area contributed by atoms with E-state index in [-0.39, 0.29) is 5.69 Å². The van der Waals surface area contributed by atoms with Crippen LogP contribution in [0.5, 0.6) is 0 Å². The minimum Gasteiger partial charge on any atom is -0.378 e. The Hall–Kier alpha value is -2.18. The smallest absolute Gasteiger partial charge is 0.275 e. The number of amides is 1. The third-order valence-corrected chi connectivity index (χ3v) is 5.16. The van der Waals surface area contributed by atoms with E-state index >= 15 is 0 Å². The number of aryl methyl sites for hydroxylation is 1. The molecule has 0 atom stereocenters. The summed E-state index contributed by atoms with van der Waals surface area (Å²) in [6.07, 6.45) is 7.09. The number of ether oxygens (including phenoxy) is 1. The van der Waals surface area contributed by atoms with E-state index in [4.69, 9.17) is 16.3 Å². The SMILES string of the molecule is Cc1cc(=O)c(C(=O)NCCCOC2CCCCC2)nn1-c1ccc(Cl)cc1. The Kier molecular flexibility index (Phi) is 7.23. The van der Waals surface area contributed by atoms with Gasteiger partial charge in [0, 0.05) is 29.9 Å². The maximum Gasteiger partial charge on any atom is 0.275 e. The van der Waals surface area contributed by atoms with Crippen molar-refractivity contribution in [1.82, 2.24) is 15.1 Å². The summed E-state index contributed by atoms with van der Waals surface area (Å²) in [5, 5.41) is 7.64. The van der Waals surface area contributed by atoms with Gasteiger partial charge >= 0.3 is 0 Å². The van der Waals surface area contributed by atoms with E-state index in [1.54, 1.807) is 35.9 Å². The normalized spacial score (nSPS) is 14.8. The lowest BCUT2D eigenvalue weighted by atomic mass is 9.98. The van der Waals surface area contributed by atoms with Crippen LogP contribution < -0.4 is 10.7 Å². The predicted molar refractivity (Wildman–Crippen MR) is 109 cm³/mol. The molecule has 0 radical (unpaired) electrons. The quantitative estimate of drug-likeness (QED) is 0.716. The van der Waals surface area contributed by atoms with E-state index in [1.165, 1.54) is 25.3 Å². The van der Waals surface area contributed by atoms with Gasteiger partial charge in [0.25, 0.3) is 5.91 Å². The Bertz CT molecular complexity index is 858. The number of benzene rings is 1. The maximum absolute atomic E-state index is 12.4. The van der Waals surface area contributed by atoms with E-state index in [0.29, 0.717) is 36.4 Å². The Morgan fingerprint density at radius 3 is 2.68 bits per heavy atom. The predicted octanol–water partition coefficient (Wildman–Crippen LogP) is 3.66. The molecule has 0 bridgehead atoms. The molecule has 3 rings (SSSR count). The molecule has 1 amide bonds. The van der Waals surface area contributed by atoms with Crippen LogP contribution in [-0.4, -0.2) is 34.9 Å². The Balaban J connectivity index is 1.57. The van der Waals surface area contributed by atoms with Gasteiger partial charge in [-0.05, 0) is 50.5 Å². The van der Waals surface area contributed by atoms with Crippen LogP contribution >= 0.6 is 11.6 Å². The summed E-state index contributed by atoms with van der Waals surface area (Å²) < 4.78 is 7.42. The average Bonchev–Trinajstić information content (AvgIpc) is 2.69. The molecule has 1 heterocycles. The summed E-state index contributed by atoms with van der Waals surface area (Å²) in [6, 6.07) is 8.47. The highest BCUT2D eigenvalue weighted by Gasteiger charge is 2.16. The molecule has 0 saturated heterocycles. The van der Waals surface area contributed by atoms with Gasteiger partial charge in [-0.2, -0.15) is 5.10 Å². The second-order valence-corrected chi connectivity index (χ2v) is 7.56. The van der Waals surface area contributed by atoms with E-state index < -0.39 is 11.3 Å². The molecular weight excluding hydrogens is 378 g/mol. The van der Waals surface area contributed by atoms with Crippen molar-refractivity contribution >= 4 is 17.5 Å². The first-order chi connectivity index (χ1) is 13.5. The standard InChI is InChI=1S/C21H26ClN3O3/c1-15-14-19(26)20(24-25(15)17-10-8-16(22)9-11-17)21(27)23-12-5-13-28-18-6-3-2-4-7-18/h8-11,14,18H,2-7,12-13H2,1H3,(H,23,27). The molecular formula is C21H26ClN3O3. The summed E-state index contributed by atoms with van der Waals surface area (Å²) in [5.74, 6) is -0.467. The minimum atomic E-state index is -0.467. The van der Waals surface area contributed by atoms with Crippen LogP contribution in [0, 0.1) is 6.92 Å². The summed E-state index contributed by atoms with van der Waals surface area (Å²) >= 11 is 5.92. The van der Waals surface area contributed by atoms with E-state index in [0.717, 1.165) is 18.5 Å². The van der Waals surface area contributed by atoms with Crippen molar-refractivity contribution in [3.8, 4) is 5.69 Å². The summed E-state index contributed by atoms with van der Waals surface area (Å²) in [7, 11) is 0. The average molecular weight is 404 g/mol. The highest BCUT2D eigenvalue weighted by molar-refractivity contribution is 6.30. The van der Waals surface area contributed by atoms with Crippen LogP contribution in [0.25, 0.3) is 5.69 Å². The molecule has 1 aliphatic rings. The van der Waals surface area contributed by atoms with Crippen LogP contribution in [0.4, 0.5) is 0 Å². The maximum atomic E-state index is 12.4. The minimum absolute atomic E-state index is 0.117. The van der Waals surface area contributed by atoms with Crippen LogP contribution in [0.15, 0.2) is 35.1 Å². The number of nitrogens with one attached hydrogen (secondary N) is 1. The lowest BCUT2D eigenvalue weighted by molar-refractivity contribution is 0.0273. The molecule has 1 aromatic heterocycles. The van der Waals surface area contributed by atoms with Gasteiger partial charge in [0.1, 0.15) is 0 Å². The molecule has 0 unspecified atom stereocenters. The summed E-state index contributed by atoms with van der Waals surface area (Å²) in [4.78, 5) is 24.7. The molecule has 1 saturated carbocycles. The van der Waals surface area contributed by atoms with Crippen molar-refractivity contribution < 1.29 is 9.53 Å². The van der Waals surface area contributed by atoms with E-state index in [9.17, 15) is 9.59 Å². The zero-order chi connectivity index (χ0) is 19.9. The molecule has 28 heavy (non-hydrogen) atoms. The van der Waals surface area contributed by atoms with Crippen molar-refractivity contribution in [3.05, 3.63) is 57.0 Å². The second-order valence-electron chi connectivity index (χ2n) is 7.13. The molecule has 1 aromatic carbocycles. The summed E-state index contributed by atoms with van der Waals surface area (Å²) in [6.45, 7) is 2.83. The van der Waals surface area contributed by atoms with Crippen LogP contribution in [0.1, 0.15) is 54.7 Å². The molecule has 1 N–H and O–H groups in total. The molecule has 0 spiro atoms. The lowest BCUT2D eigenvalue weighted by Gasteiger charge is -2.21. The van der Waals surface area contributed by atoms with Gasteiger partial charge in [-0.1, -0.05) is 30.9 Å². The highest BCUT2D eigenvalue weighted by Crippen LogP contribution is 2.20. The molecule has 7 heteroatoms. The van der Waals surface area contributed by atoms with Gasteiger partial charge in [-0.3, -0.25) is 9.59 Å². The van der Waals surface area contributed by atoms with Crippen molar-refractivity contribution in [1.29, 1.82) is 0 Å². The number of rotatable bonds is 7. The fraction of sp³-hybridized carbons (Fsp3) is 0.476. The monoisotopic (exact) mass is 403 g/mol. The largest absolute Gasteiger partial charge is 0.378 e. The first-order valence-electron chi connectivity index (χ1n) is 9.81. The Morgan fingerprint density at radius 2 is 1.96 bits per heavy atom. The van der Waals surface area contributed by atoms with Gasteiger partial charge in [-0.15, -0.1) is 0 Å². The molecule has 1 aliphatic carbocycles. The zero-order valence-electron chi connectivity index (χ0n) is 16.1. The third kappa shape index (κ3) is 5.42. The number of aromatic nitrogens is 2. The van der Waals surface area contributed by atoms with Crippen LogP contribution in [0.2, 0.25) is 5.02 Å². The lowest BCUT2D eigenvalue weighted by Crippen LogP contribution is -2.33. The fourth-order valence-electron chi connectivity index (χ4n) is 3.39. The topological polar surface area (TPSA) is 73.2 Å². The van der Waals surface area contributed by atoms with E-state index in [2.05, 4.69) is 10.4 Å². The van der Waals surface area contributed by atoms with Gasteiger partial charge in [0.15, 0.2) is 5.69 Å². The summed E-state index contributed by atoms with van der Waals surface area (Å²) in [5.41, 5.74) is 0.869. The molecule has 150 valence electrons. The van der Waals surface area contributed by atoms with Gasteiger partial charge in [-0.25, -0.2) is 4.68 Å². The van der Waals surface area contributed by atoms with Gasteiger partial charge < -0.3 is 10.1 Å². The molecule has 2 aromatic rings. The number of nitrogens with zero attached hydrogens (tertiary/aromatic N) is 2. The number of halogens is 1. The molecule has 0 aliphatic heterocycles. The number of carbonyl (C=O) groups is 1. The van der Waals surface area contributed by atoms with Crippen molar-refractivity contribution in [2.24, 2.45) is 0 Å². The molecule has 6 nitrogen and oxygen atoms in total. The zero-order valence-corrected chi connectivity index (χ0v) is 16.9. The third-order valence-electron chi connectivity index (χ3n) is 4.91. The van der Waals surface area contributed by atoms with Crippen molar-refractivity contribution in [2.75, 3.05) is 13.2 Å². The van der Waals surface area contributed by atoms with Crippen LogP contribution in [-0.2, 0) is 4.74 Å². The van der Waals surface area contributed by atoms with Crippen molar-refractivity contribution in [3.63, 3.8) is 0 Å². The highest BCUT2D eigenvalue weighted by atomic mass is 35.5. The molecule has 1 fully saturated rings. The first kappa shape index (κ1) is 20.6. The van der Waals surface area contributed by atoms with E-state index in [1.807, 2.05) is 0 Å². The Labute approximate surface area is 169 Å². The number of hydrogen-bond acceptors (Lipinski definition) is 4. The van der Waals surface area contributed by atoms with Gasteiger partial charge in [0.2, 0.25) is 5.43 Å². The Morgan fingerprint density at radius 1 is 1.25 bits per heavy atom.